The third-order valence-corrected chi connectivity index (χ3v) is 4.65. The summed E-state index contributed by atoms with van der Waals surface area (Å²) in [6.07, 6.45) is 0. The Morgan fingerprint density at radius 2 is 2.27 bits per heavy atom. The number of rotatable bonds is 4. The van der Waals surface area contributed by atoms with Gasteiger partial charge in [-0.2, -0.15) is 0 Å². The molecule has 142 valence electrons. The zero-order chi connectivity index (χ0) is 17.8. The van der Waals surface area contributed by atoms with E-state index in [1.165, 1.54) is 12.1 Å². The van der Waals surface area contributed by atoms with Crippen LogP contribution in [0.2, 0.25) is 0 Å². The van der Waals surface area contributed by atoms with Crippen LogP contribution in [-0.2, 0) is 24.4 Å². The van der Waals surface area contributed by atoms with Crippen molar-refractivity contribution in [1.29, 1.82) is 0 Å². The van der Waals surface area contributed by atoms with Crippen molar-refractivity contribution in [3.05, 3.63) is 45.2 Å². The Hall–Kier alpha value is -1.46. The van der Waals surface area contributed by atoms with E-state index in [2.05, 4.69) is 15.3 Å². The van der Waals surface area contributed by atoms with Crippen LogP contribution >= 0.6 is 35.3 Å². The Bertz CT molecular complexity index is 784. The van der Waals surface area contributed by atoms with Gasteiger partial charge in [-0.15, -0.1) is 35.3 Å². The van der Waals surface area contributed by atoms with Crippen molar-refractivity contribution in [2.45, 2.75) is 26.6 Å². The van der Waals surface area contributed by atoms with E-state index in [-0.39, 0.29) is 36.6 Å². The molecule has 1 aliphatic heterocycles. The highest BCUT2D eigenvalue weighted by Crippen LogP contribution is 2.29. The van der Waals surface area contributed by atoms with E-state index in [9.17, 15) is 4.39 Å². The van der Waals surface area contributed by atoms with Crippen molar-refractivity contribution >= 4 is 41.3 Å². The van der Waals surface area contributed by atoms with Gasteiger partial charge in [0.25, 0.3) is 0 Å². The van der Waals surface area contributed by atoms with Crippen LogP contribution in [0.4, 0.5) is 4.39 Å². The molecule has 1 aromatic carbocycles. The van der Waals surface area contributed by atoms with Gasteiger partial charge in [0.15, 0.2) is 12.8 Å². The fourth-order valence-electron chi connectivity index (χ4n) is 2.75. The van der Waals surface area contributed by atoms with Gasteiger partial charge in [-0.3, -0.25) is 4.99 Å². The first-order valence-electron chi connectivity index (χ1n) is 7.91. The first kappa shape index (κ1) is 20.8. The maximum Gasteiger partial charge on any atom is 0.194 e. The second-order valence-corrected chi connectivity index (χ2v) is 6.84. The molecular weight excluding hydrogens is 470 g/mol. The Balaban J connectivity index is 0.00000243. The largest absolute Gasteiger partial charge is 0.467 e. The Labute approximate surface area is 173 Å². The molecule has 1 aromatic heterocycles. The average molecular weight is 492 g/mol. The van der Waals surface area contributed by atoms with Crippen molar-refractivity contribution in [2.24, 2.45) is 4.99 Å². The molecule has 0 saturated heterocycles. The van der Waals surface area contributed by atoms with Crippen molar-refractivity contribution in [1.82, 2.24) is 15.2 Å². The van der Waals surface area contributed by atoms with E-state index in [1.54, 1.807) is 18.4 Å². The number of benzene rings is 1. The van der Waals surface area contributed by atoms with E-state index in [1.807, 2.05) is 24.3 Å². The van der Waals surface area contributed by atoms with Crippen LogP contribution in [0, 0.1) is 12.7 Å². The summed E-state index contributed by atoms with van der Waals surface area (Å²) in [5.74, 6) is 1.09. The number of guanidine groups is 1. The third-order valence-electron chi connectivity index (χ3n) is 3.83. The maximum atomic E-state index is 13.8. The molecule has 0 radical (unpaired) electrons. The number of thiazole rings is 1. The molecule has 2 aromatic rings. The first-order valence-corrected chi connectivity index (χ1v) is 8.79. The lowest BCUT2D eigenvalue weighted by atomic mass is 10.1. The van der Waals surface area contributed by atoms with Gasteiger partial charge in [-0.1, -0.05) is 0 Å². The van der Waals surface area contributed by atoms with Crippen LogP contribution < -0.4 is 10.1 Å². The van der Waals surface area contributed by atoms with Crippen molar-refractivity contribution in [3.63, 3.8) is 0 Å². The summed E-state index contributed by atoms with van der Waals surface area (Å²) in [5, 5.41) is 6.33. The lowest BCUT2D eigenvalue weighted by Crippen LogP contribution is -2.38. The molecule has 0 unspecified atom stereocenters. The van der Waals surface area contributed by atoms with Gasteiger partial charge in [0, 0.05) is 37.1 Å². The fourth-order valence-corrected chi connectivity index (χ4v) is 3.35. The highest BCUT2D eigenvalue weighted by molar-refractivity contribution is 14.0. The van der Waals surface area contributed by atoms with Gasteiger partial charge >= 0.3 is 0 Å². The minimum atomic E-state index is -0.300. The SMILES string of the molecule is CN=C(NCc1cc(F)cc2c1OCOC2)N(C)Cc1csc(C)n1.I. The number of nitrogens with zero attached hydrogens (tertiary/aromatic N) is 3. The standard InChI is InChI=1S/C17H21FN4O2S.HI/c1-11-21-15(9-25-11)7-22(3)17(19-2)20-6-12-4-14(18)5-13-8-23-10-24-16(12)13;/h4-5,9H,6-8,10H2,1-3H3,(H,19,20);1H. The van der Waals surface area contributed by atoms with Crippen LogP contribution in [0.1, 0.15) is 21.8 Å². The van der Waals surface area contributed by atoms with Gasteiger partial charge < -0.3 is 19.7 Å². The summed E-state index contributed by atoms with van der Waals surface area (Å²) in [4.78, 5) is 10.7. The molecule has 9 heteroatoms. The van der Waals surface area contributed by atoms with E-state index in [4.69, 9.17) is 9.47 Å². The molecule has 0 atom stereocenters. The Morgan fingerprint density at radius 1 is 1.46 bits per heavy atom. The Kier molecular flexibility index (Phi) is 7.59. The smallest absolute Gasteiger partial charge is 0.194 e. The summed E-state index contributed by atoms with van der Waals surface area (Å²) in [7, 11) is 3.66. The zero-order valence-corrected chi connectivity index (χ0v) is 18.1. The second kappa shape index (κ2) is 9.47. The summed E-state index contributed by atoms with van der Waals surface area (Å²) < 4.78 is 24.6. The molecular formula is C17H22FIN4O2S. The number of fused-ring (bicyclic) bond motifs is 1. The number of aliphatic imine (C=N–C) groups is 1. The van der Waals surface area contributed by atoms with Crippen LogP contribution in [0.25, 0.3) is 0 Å². The quantitative estimate of drug-likeness (QED) is 0.404. The molecule has 0 amide bonds. The van der Waals surface area contributed by atoms with Crippen LogP contribution in [0.5, 0.6) is 5.75 Å². The molecule has 3 rings (SSSR count). The summed E-state index contributed by atoms with van der Waals surface area (Å²) in [6.45, 7) is 3.59. The van der Waals surface area contributed by atoms with Crippen molar-refractivity contribution in [2.75, 3.05) is 20.9 Å². The normalized spacial score (nSPS) is 13.5. The van der Waals surface area contributed by atoms with E-state index in [0.717, 1.165) is 21.8 Å². The number of hydrogen-bond acceptors (Lipinski definition) is 5. The molecule has 26 heavy (non-hydrogen) atoms. The lowest BCUT2D eigenvalue weighted by Gasteiger charge is -2.24. The molecule has 2 heterocycles. The van der Waals surface area contributed by atoms with Crippen molar-refractivity contribution < 1.29 is 13.9 Å². The molecule has 1 N–H and O–H groups in total. The highest BCUT2D eigenvalue weighted by Gasteiger charge is 2.17. The number of aromatic nitrogens is 1. The lowest BCUT2D eigenvalue weighted by molar-refractivity contribution is -0.0173. The number of ether oxygens (including phenoxy) is 2. The molecule has 0 aliphatic carbocycles. The minimum absolute atomic E-state index is 0. The molecule has 0 saturated carbocycles. The van der Waals surface area contributed by atoms with E-state index < -0.39 is 0 Å². The number of hydrogen-bond donors (Lipinski definition) is 1. The van der Waals surface area contributed by atoms with Gasteiger partial charge in [0.2, 0.25) is 0 Å². The van der Waals surface area contributed by atoms with Gasteiger partial charge in [0.1, 0.15) is 11.6 Å². The number of halogens is 2. The van der Waals surface area contributed by atoms with Gasteiger partial charge in [-0.05, 0) is 19.1 Å². The van der Waals surface area contributed by atoms with Gasteiger partial charge in [0.05, 0.1) is 23.9 Å². The molecule has 1 aliphatic rings. The second-order valence-electron chi connectivity index (χ2n) is 5.78. The molecule has 0 bridgehead atoms. The number of nitrogens with one attached hydrogen (secondary N) is 1. The fraction of sp³-hybridized carbons (Fsp3) is 0.412. The van der Waals surface area contributed by atoms with Crippen molar-refractivity contribution in [3.8, 4) is 5.75 Å². The molecule has 6 nitrogen and oxygen atoms in total. The van der Waals surface area contributed by atoms with E-state index >= 15 is 0 Å². The van der Waals surface area contributed by atoms with Gasteiger partial charge in [-0.25, -0.2) is 9.37 Å². The predicted molar refractivity (Wildman–Crippen MR) is 111 cm³/mol. The Morgan fingerprint density at radius 3 is 2.96 bits per heavy atom. The number of aryl methyl sites for hydroxylation is 1. The summed E-state index contributed by atoms with van der Waals surface area (Å²) in [6, 6.07) is 2.93. The first-order chi connectivity index (χ1) is 12.1. The predicted octanol–water partition coefficient (Wildman–Crippen LogP) is 3.28. The summed E-state index contributed by atoms with van der Waals surface area (Å²) in [5.41, 5.74) is 2.47. The third kappa shape index (κ3) is 5.04. The van der Waals surface area contributed by atoms with Crippen LogP contribution in [0.15, 0.2) is 22.5 Å². The minimum Gasteiger partial charge on any atom is -0.467 e. The maximum absolute atomic E-state index is 13.8. The molecule has 0 fully saturated rings. The highest BCUT2D eigenvalue weighted by atomic mass is 127. The summed E-state index contributed by atoms with van der Waals surface area (Å²) >= 11 is 1.62. The van der Waals surface area contributed by atoms with E-state index in [0.29, 0.717) is 31.4 Å². The average Bonchev–Trinajstić information content (AvgIpc) is 3.00. The van der Waals surface area contributed by atoms with Crippen LogP contribution in [-0.4, -0.2) is 36.7 Å². The zero-order valence-electron chi connectivity index (χ0n) is 14.9. The molecule has 0 spiro atoms. The van der Waals surface area contributed by atoms with Crippen LogP contribution in [0.3, 0.4) is 0 Å². The topological polar surface area (TPSA) is 59.0 Å². The monoisotopic (exact) mass is 492 g/mol.